The molecule has 1 aliphatic heterocycles. The number of fused-ring (bicyclic) bond motifs is 3. The van der Waals surface area contributed by atoms with Crippen molar-refractivity contribution in [3.05, 3.63) is 81.7 Å². The molecule has 0 radical (unpaired) electrons. The van der Waals surface area contributed by atoms with Crippen LogP contribution in [0.2, 0.25) is 0 Å². The molecule has 66 heavy (non-hydrogen) atoms. The molecule has 4 aromatic rings. The predicted octanol–water partition coefficient (Wildman–Crippen LogP) is 1.49. The molecule has 1 aliphatic rings. The third-order valence-electron chi connectivity index (χ3n) is 10.9. The van der Waals surface area contributed by atoms with Gasteiger partial charge in [-0.25, -0.2) is 14.8 Å². The van der Waals surface area contributed by atoms with Gasteiger partial charge in [0.1, 0.15) is 29.4 Å². The number of pyridine rings is 1. The summed E-state index contributed by atoms with van der Waals surface area (Å²) in [6, 6.07) is 9.20. The Bertz CT molecular complexity index is 2450. The lowest BCUT2D eigenvalue weighted by molar-refractivity contribution is -0.145. The van der Waals surface area contributed by atoms with Crippen LogP contribution in [-0.4, -0.2) is 147 Å². The van der Waals surface area contributed by atoms with Crippen molar-refractivity contribution in [3.63, 3.8) is 0 Å². The molecule has 2 bridgehead atoms. The molecule has 22 nitrogen and oxygen atoms in total. The first-order chi connectivity index (χ1) is 31.5. The highest BCUT2D eigenvalue weighted by molar-refractivity contribution is 5.97. The summed E-state index contributed by atoms with van der Waals surface area (Å²) in [5, 5.41) is 35.2. The van der Waals surface area contributed by atoms with Gasteiger partial charge in [-0.05, 0) is 69.0 Å². The summed E-state index contributed by atoms with van der Waals surface area (Å²) in [7, 11) is 0. The highest BCUT2D eigenvalue weighted by atomic mass is 16.4. The van der Waals surface area contributed by atoms with Gasteiger partial charge in [-0.3, -0.25) is 58.2 Å². The lowest BCUT2D eigenvalue weighted by Gasteiger charge is -2.33. The van der Waals surface area contributed by atoms with E-state index < -0.39 is 41.5 Å². The van der Waals surface area contributed by atoms with Crippen LogP contribution in [0.1, 0.15) is 85.7 Å². The van der Waals surface area contributed by atoms with E-state index in [1.54, 1.807) is 28.0 Å². The highest BCUT2D eigenvalue weighted by Crippen LogP contribution is 2.18. The molecule has 1 aromatic carbocycles. The van der Waals surface area contributed by atoms with E-state index in [0.29, 0.717) is 55.2 Å². The van der Waals surface area contributed by atoms with Crippen LogP contribution >= 0.6 is 0 Å². The van der Waals surface area contributed by atoms with Crippen LogP contribution in [0.3, 0.4) is 0 Å². The van der Waals surface area contributed by atoms with Gasteiger partial charge in [0.25, 0.3) is 11.5 Å². The number of carboxylic acids is 3. The maximum atomic E-state index is 13.0. The van der Waals surface area contributed by atoms with E-state index in [2.05, 4.69) is 30.6 Å². The second-order valence-electron chi connectivity index (χ2n) is 16.2. The quantitative estimate of drug-likeness (QED) is 0.0518. The Morgan fingerprint density at radius 2 is 1.42 bits per heavy atom. The first-order valence-electron chi connectivity index (χ1n) is 21.5. The summed E-state index contributed by atoms with van der Waals surface area (Å²) >= 11 is 0. The number of aromatic nitrogens is 5. The topological polar surface area (TPSA) is 324 Å². The summed E-state index contributed by atoms with van der Waals surface area (Å²) < 4.78 is 0. The lowest BCUT2D eigenvalue weighted by atomic mass is 10.0. The minimum absolute atomic E-state index is 0.00232. The molecule has 2 atom stereocenters. The Kier molecular flexibility index (Phi) is 18.4. The van der Waals surface area contributed by atoms with Gasteiger partial charge < -0.3 is 31.7 Å². The number of ketones is 3. The first kappa shape index (κ1) is 50.0. The smallest absolute Gasteiger partial charge is 0.326 e. The van der Waals surface area contributed by atoms with Crippen LogP contribution in [0, 0.1) is 0 Å². The number of carbonyl (C=O) groups excluding carboxylic acids is 4. The number of benzene rings is 1. The number of unbranched alkanes of at least 4 members (excludes halogenated alkanes) is 1. The van der Waals surface area contributed by atoms with Gasteiger partial charge in [-0.1, -0.05) is 6.07 Å². The van der Waals surface area contributed by atoms with E-state index in [9.17, 15) is 53.7 Å². The highest BCUT2D eigenvalue weighted by Gasteiger charge is 2.29. The Hall–Kier alpha value is -7.04. The van der Waals surface area contributed by atoms with E-state index in [1.807, 2.05) is 17.0 Å². The van der Waals surface area contributed by atoms with Gasteiger partial charge in [0, 0.05) is 76.2 Å². The number of nitrogens with zero attached hydrogens (tertiary/aromatic N) is 7. The van der Waals surface area contributed by atoms with Crippen molar-refractivity contribution in [2.24, 2.45) is 0 Å². The van der Waals surface area contributed by atoms with Gasteiger partial charge in [-0.2, -0.15) is 4.98 Å². The monoisotopic (exact) mass is 913 g/mol. The fourth-order valence-corrected chi connectivity index (χ4v) is 7.48. The minimum Gasteiger partial charge on any atom is -0.480 e. The molecule has 4 heterocycles. The van der Waals surface area contributed by atoms with E-state index in [1.165, 1.54) is 25.3 Å². The predicted molar refractivity (Wildman–Crippen MR) is 238 cm³/mol. The average molecular weight is 914 g/mol. The third kappa shape index (κ3) is 15.9. The maximum Gasteiger partial charge on any atom is 0.326 e. The number of Topliss-reactive ketones (excluding diaryl/α,β-unsaturated/α-hetero) is 3. The number of hydrogen-bond acceptors (Lipinski definition) is 17. The molecule has 0 saturated carbocycles. The molecular formula is C44H55N11O11. The van der Waals surface area contributed by atoms with Crippen LogP contribution in [0.4, 0.5) is 11.6 Å². The molecular weight excluding hydrogens is 859 g/mol. The number of nitrogens with one attached hydrogen (secondary N) is 3. The number of anilines is 2. The van der Waals surface area contributed by atoms with Crippen molar-refractivity contribution in [1.82, 2.24) is 44.9 Å². The molecule has 1 unspecified atom stereocenters. The zero-order chi connectivity index (χ0) is 47.8. The van der Waals surface area contributed by atoms with Gasteiger partial charge >= 0.3 is 17.9 Å². The Labute approximate surface area is 379 Å². The van der Waals surface area contributed by atoms with Crippen LogP contribution in [-0.2, 0) is 48.4 Å². The van der Waals surface area contributed by atoms with Crippen LogP contribution in [0.25, 0.3) is 11.2 Å². The van der Waals surface area contributed by atoms with Crippen molar-refractivity contribution in [1.29, 1.82) is 0 Å². The zero-order valence-electron chi connectivity index (χ0n) is 36.6. The van der Waals surface area contributed by atoms with Crippen LogP contribution in [0.15, 0.2) is 53.5 Å². The lowest BCUT2D eigenvalue weighted by Crippen LogP contribution is -2.47. The minimum atomic E-state index is -1.33. The summed E-state index contributed by atoms with van der Waals surface area (Å²) in [6.45, 7) is 3.20. The SMILES string of the molecule is CC(=O)CN1CCN(CC(=O)O)CCN(C(CCC(=O)CCCCC(=O)CC[C@H](NC(=O)c2ccc(NCc3cnc4nc(N)[nH]c(=O)c4n3)cc2)C(=O)O)C(=O)O)Cc2cccc(n2)C1. The molecule has 5 rings (SSSR count). The second kappa shape index (κ2) is 24.3. The summed E-state index contributed by atoms with van der Waals surface area (Å²) in [6.07, 6.45) is 2.07. The number of H-pyrrole nitrogens is 1. The normalized spacial score (nSPS) is 14.9. The van der Waals surface area contributed by atoms with E-state index in [4.69, 9.17) is 10.7 Å². The second-order valence-corrected chi connectivity index (χ2v) is 16.2. The molecule has 3 aromatic heterocycles. The number of aliphatic carboxylic acids is 3. The van der Waals surface area contributed by atoms with Gasteiger partial charge in [0.2, 0.25) is 5.95 Å². The largest absolute Gasteiger partial charge is 0.480 e. The zero-order valence-corrected chi connectivity index (χ0v) is 36.6. The molecule has 22 heteroatoms. The van der Waals surface area contributed by atoms with Crippen molar-refractivity contribution in [3.8, 4) is 0 Å². The third-order valence-corrected chi connectivity index (χ3v) is 10.9. The molecule has 0 spiro atoms. The number of rotatable bonds is 23. The van der Waals surface area contributed by atoms with E-state index >= 15 is 0 Å². The summed E-state index contributed by atoms with van der Waals surface area (Å²) in [4.78, 5) is 124. The summed E-state index contributed by atoms with van der Waals surface area (Å²) in [5.74, 6) is -4.66. The van der Waals surface area contributed by atoms with Crippen molar-refractivity contribution in [2.45, 2.75) is 90.0 Å². The fourth-order valence-electron chi connectivity index (χ4n) is 7.48. The molecule has 1 amide bonds. The van der Waals surface area contributed by atoms with Gasteiger partial charge in [0.05, 0.1) is 42.9 Å². The van der Waals surface area contributed by atoms with Crippen LogP contribution < -0.4 is 21.9 Å². The molecule has 352 valence electrons. The van der Waals surface area contributed by atoms with E-state index in [-0.39, 0.29) is 118 Å². The Morgan fingerprint density at radius 1 is 0.773 bits per heavy atom. The standard InChI is InChI=1S/C44H55N11O11/c1-27(56)23-54-18-17-53(26-37(59)60)19-20-55(25-31-6-4-5-30(24-54)48-31)36(43(65)66)16-14-34(58)8-3-2-7-33(57)13-15-35(42(63)64)50-40(61)28-9-11-29(12-10-28)46-21-32-22-47-39-38(49-32)41(62)52-44(45)51-39/h4-6,9-12,22,35-36,46H,2-3,7-8,13-21,23-26H2,1H3,(H,50,61)(H,59,60)(H,63,64)(H,65,66)(H3,45,47,51,52,62)/t35-,36?/m0/s1. The average Bonchev–Trinajstić information content (AvgIpc) is 3.26. The number of aromatic amines is 1. The Balaban J connectivity index is 1.05. The first-order valence-corrected chi connectivity index (χ1v) is 21.5. The van der Waals surface area contributed by atoms with Crippen molar-refractivity contribution >= 4 is 64.0 Å². The van der Waals surface area contributed by atoms with Crippen LogP contribution in [0.5, 0.6) is 0 Å². The molecule has 0 aliphatic carbocycles. The molecule has 8 N–H and O–H groups in total. The van der Waals surface area contributed by atoms with Gasteiger partial charge in [-0.15, -0.1) is 0 Å². The fraction of sp³-hybridized carbons (Fsp3) is 0.455. The van der Waals surface area contributed by atoms with Crippen molar-refractivity contribution in [2.75, 3.05) is 50.3 Å². The number of amides is 1. The number of carbonyl (C=O) groups is 7. The number of nitrogen functional groups attached to an aromatic ring is 1. The summed E-state index contributed by atoms with van der Waals surface area (Å²) in [5.41, 5.74) is 7.67. The van der Waals surface area contributed by atoms with E-state index in [0.717, 1.165) is 0 Å². The number of carboxylic acid groups (broad SMARTS) is 3. The number of hydrogen-bond donors (Lipinski definition) is 7. The van der Waals surface area contributed by atoms with Gasteiger partial charge in [0.15, 0.2) is 11.2 Å². The number of nitrogens with two attached hydrogens (primary N) is 1. The molecule has 0 saturated heterocycles. The maximum absolute atomic E-state index is 13.0. The Morgan fingerprint density at radius 3 is 2.08 bits per heavy atom. The van der Waals surface area contributed by atoms with Crippen molar-refractivity contribution < 1.29 is 48.9 Å². The molecule has 0 fully saturated rings.